The van der Waals surface area contributed by atoms with Crippen molar-refractivity contribution in [1.29, 1.82) is 5.26 Å². The van der Waals surface area contributed by atoms with Crippen LogP contribution >= 0.6 is 11.6 Å². The van der Waals surface area contributed by atoms with E-state index in [9.17, 15) is 4.79 Å². The number of aromatic nitrogens is 1. The number of pyridine rings is 1. The van der Waals surface area contributed by atoms with Gasteiger partial charge in [0.1, 0.15) is 16.9 Å². The van der Waals surface area contributed by atoms with Gasteiger partial charge in [-0.1, -0.05) is 11.6 Å². The fraction of sp³-hybridized carbons (Fsp3) is 0.500. The quantitative estimate of drug-likeness (QED) is 0.857. The van der Waals surface area contributed by atoms with Gasteiger partial charge in [0.15, 0.2) is 0 Å². The van der Waals surface area contributed by atoms with Crippen LogP contribution in [0.3, 0.4) is 0 Å². The highest BCUT2D eigenvalue weighted by Crippen LogP contribution is 2.29. The number of carboxylic acid groups (broad SMARTS) is 1. The Morgan fingerprint density at radius 1 is 1.67 bits per heavy atom. The van der Waals surface area contributed by atoms with Gasteiger partial charge in [-0.25, -0.2) is 4.98 Å². The van der Waals surface area contributed by atoms with E-state index in [1.54, 1.807) is 12.3 Å². The summed E-state index contributed by atoms with van der Waals surface area (Å²) in [5, 5.41) is 21.0. The molecule has 0 spiro atoms. The Kier molecular flexibility index (Phi) is 5.37. The summed E-state index contributed by atoms with van der Waals surface area (Å²) >= 11 is 6.22. The number of piperidine rings is 1. The van der Waals surface area contributed by atoms with Gasteiger partial charge in [-0.15, -0.1) is 0 Å². The maximum absolute atomic E-state index is 10.5. The maximum Gasteiger partial charge on any atom is 0.317 e. The summed E-state index contributed by atoms with van der Waals surface area (Å²) in [6.07, 6.45) is 3.62. The van der Waals surface area contributed by atoms with Crippen molar-refractivity contribution in [3.63, 3.8) is 0 Å². The zero-order chi connectivity index (χ0) is 15.2. The van der Waals surface area contributed by atoms with Crippen molar-refractivity contribution in [2.75, 3.05) is 31.1 Å². The predicted molar refractivity (Wildman–Crippen MR) is 79.4 cm³/mol. The molecule has 0 aromatic carbocycles. The molecule has 0 radical (unpaired) electrons. The third kappa shape index (κ3) is 4.06. The number of hydrogen-bond donors (Lipinski definition) is 2. The van der Waals surface area contributed by atoms with Crippen molar-refractivity contribution in [3.8, 4) is 6.07 Å². The summed E-state index contributed by atoms with van der Waals surface area (Å²) in [4.78, 5) is 16.9. The first-order valence-electron chi connectivity index (χ1n) is 6.84. The van der Waals surface area contributed by atoms with Gasteiger partial charge in [-0.05, 0) is 24.8 Å². The second kappa shape index (κ2) is 7.25. The molecule has 0 aliphatic carbocycles. The van der Waals surface area contributed by atoms with Crippen LogP contribution < -0.4 is 10.2 Å². The fourth-order valence-electron chi connectivity index (χ4n) is 2.55. The minimum absolute atomic E-state index is 0.0283. The Hall–Kier alpha value is -1.84. The van der Waals surface area contributed by atoms with E-state index in [0.29, 0.717) is 28.9 Å². The first kappa shape index (κ1) is 15.5. The van der Waals surface area contributed by atoms with E-state index in [-0.39, 0.29) is 6.54 Å². The lowest BCUT2D eigenvalue weighted by Crippen LogP contribution is -2.41. The lowest BCUT2D eigenvalue weighted by atomic mass is 9.98. The Bertz CT molecular complexity index is 558. The standard InChI is InChI=1S/C14H17ClN4O2/c15-13-11(6-16)3-4-18-14(13)19-5-1-2-10(9-19)7-17-8-12(20)21/h3-4,10,17H,1-2,5,7-9H2,(H,20,21). The first-order chi connectivity index (χ1) is 10.1. The average Bonchev–Trinajstić information content (AvgIpc) is 2.47. The van der Waals surface area contributed by atoms with Gasteiger partial charge in [0, 0.05) is 25.8 Å². The molecule has 0 saturated carbocycles. The Labute approximate surface area is 128 Å². The highest BCUT2D eigenvalue weighted by Gasteiger charge is 2.23. The SMILES string of the molecule is N#Cc1ccnc(N2CCCC(CNCC(=O)O)C2)c1Cl. The van der Waals surface area contributed by atoms with Crippen LogP contribution in [0, 0.1) is 17.2 Å². The highest BCUT2D eigenvalue weighted by atomic mass is 35.5. The predicted octanol–water partition coefficient (Wildman–Crippen LogP) is 1.50. The molecule has 2 rings (SSSR count). The summed E-state index contributed by atoms with van der Waals surface area (Å²) in [7, 11) is 0. The summed E-state index contributed by atoms with van der Waals surface area (Å²) in [6.45, 7) is 2.23. The molecule has 1 aliphatic rings. The van der Waals surface area contributed by atoms with Crippen LogP contribution in [0.5, 0.6) is 0 Å². The number of rotatable bonds is 5. The van der Waals surface area contributed by atoms with Crippen LogP contribution in [0.4, 0.5) is 5.82 Å². The second-order valence-electron chi connectivity index (χ2n) is 5.09. The molecule has 1 aromatic rings. The van der Waals surface area contributed by atoms with Crippen molar-refractivity contribution in [2.45, 2.75) is 12.8 Å². The number of nitriles is 1. The number of halogens is 1. The number of hydrogen-bond acceptors (Lipinski definition) is 5. The minimum atomic E-state index is -0.853. The van der Waals surface area contributed by atoms with Gasteiger partial charge >= 0.3 is 5.97 Å². The fourth-order valence-corrected chi connectivity index (χ4v) is 2.82. The van der Waals surface area contributed by atoms with E-state index in [2.05, 4.69) is 21.3 Å². The lowest BCUT2D eigenvalue weighted by molar-refractivity contribution is -0.136. The molecular formula is C14H17ClN4O2. The zero-order valence-electron chi connectivity index (χ0n) is 11.5. The zero-order valence-corrected chi connectivity index (χ0v) is 12.3. The second-order valence-corrected chi connectivity index (χ2v) is 5.46. The van der Waals surface area contributed by atoms with E-state index in [1.165, 1.54) is 0 Å². The number of carbonyl (C=O) groups is 1. The van der Waals surface area contributed by atoms with E-state index in [1.807, 2.05) is 0 Å². The van der Waals surface area contributed by atoms with Crippen molar-refractivity contribution < 1.29 is 9.90 Å². The lowest BCUT2D eigenvalue weighted by Gasteiger charge is -2.34. The Morgan fingerprint density at radius 3 is 3.19 bits per heavy atom. The van der Waals surface area contributed by atoms with Gasteiger partial charge in [0.05, 0.1) is 12.1 Å². The van der Waals surface area contributed by atoms with Gasteiger partial charge < -0.3 is 15.3 Å². The van der Waals surface area contributed by atoms with Crippen molar-refractivity contribution >= 4 is 23.4 Å². The molecule has 6 nitrogen and oxygen atoms in total. The average molecular weight is 309 g/mol. The van der Waals surface area contributed by atoms with E-state index >= 15 is 0 Å². The smallest absolute Gasteiger partial charge is 0.317 e. The summed E-state index contributed by atoms with van der Waals surface area (Å²) in [5.74, 6) is 0.134. The van der Waals surface area contributed by atoms with Crippen LogP contribution in [-0.2, 0) is 4.79 Å². The molecule has 0 amide bonds. The summed E-state index contributed by atoms with van der Waals surface area (Å²) in [5.41, 5.74) is 0.424. The molecule has 0 bridgehead atoms. The van der Waals surface area contributed by atoms with Gasteiger partial charge in [0.2, 0.25) is 0 Å². The molecule has 1 aromatic heterocycles. The molecule has 1 unspecified atom stereocenters. The molecule has 2 heterocycles. The summed E-state index contributed by atoms with van der Waals surface area (Å²) < 4.78 is 0. The number of carboxylic acids is 1. The van der Waals surface area contributed by atoms with Gasteiger partial charge in [0.25, 0.3) is 0 Å². The third-order valence-electron chi connectivity index (χ3n) is 3.52. The largest absolute Gasteiger partial charge is 0.480 e. The maximum atomic E-state index is 10.5. The van der Waals surface area contributed by atoms with E-state index in [0.717, 1.165) is 25.9 Å². The Balaban J connectivity index is 2.01. The molecule has 1 atom stereocenters. The third-order valence-corrected chi connectivity index (χ3v) is 3.89. The number of anilines is 1. The molecule has 1 fully saturated rings. The van der Waals surface area contributed by atoms with E-state index in [4.69, 9.17) is 22.0 Å². The normalized spacial score (nSPS) is 18.3. The molecule has 112 valence electrons. The molecular weight excluding hydrogens is 292 g/mol. The molecule has 2 N–H and O–H groups in total. The molecule has 21 heavy (non-hydrogen) atoms. The van der Waals surface area contributed by atoms with Gasteiger partial charge in [-0.2, -0.15) is 5.26 Å². The van der Waals surface area contributed by atoms with Crippen LogP contribution in [0.1, 0.15) is 18.4 Å². The van der Waals surface area contributed by atoms with Crippen LogP contribution in [0.2, 0.25) is 5.02 Å². The molecule has 7 heteroatoms. The molecule has 1 saturated heterocycles. The number of aliphatic carboxylic acids is 1. The van der Waals surface area contributed by atoms with Crippen LogP contribution in [0.15, 0.2) is 12.3 Å². The summed E-state index contributed by atoms with van der Waals surface area (Å²) in [6, 6.07) is 3.66. The topological polar surface area (TPSA) is 89.3 Å². The minimum Gasteiger partial charge on any atom is -0.480 e. The van der Waals surface area contributed by atoms with E-state index < -0.39 is 5.97 Å². The number of nitrogens with one attached hydrogen (secondary N) is 1. The first-order valence-corrected chi connectivity index (χ1v) is 7.21. The van der Waals surface area contributed by atoms with Crippen LogP contribution in [0.25, 0.3) is 0 Å². The Morgan fingerprint density at radius 2 is 2.48 bits per heavy atom. The van der Waals surface area contributed by atoms with Crippen LogP contribution in [-0.4, -0.2) is 42.2 Å². The monoisotopic (exact) mass is 308 g/mol. The van der Waals surface area contributed by atoms with Gasteiger partial charge in [-0.3, -0.25) is 4.79 Å². The number of nitrogens with zero attached hydrogens (tertiary/aromatic N) is 3. The van der Waals surface area contributed by atoms with Crippen molar-refractivity contribution in [1.82, 2.24) is 10.3 Å². The molecule has 1 aliphatic heterocycles. The van der Waals surface area contributed by atoms with Crippen molar-refractivity contribution in [2.24, 2.45) is 5.92 Å². The van der Waals surface area contributed by atoms with Crippen molar-refractivity contribution in [3.05, 3.63) is 22.8 Å². The highest BCUT2D eigenvalue weighted by molar-refractivity contribution is 6.34.